The van der Waals surface area contributed by atoms with E-state index in [4.69, 9.17) is 0 Å². The summed E-state index contributed by atoms with van der Waals surface area (Å²) in [4.78, 5) is 23.4. The smallest absolute Gasteiger partial charge is 0.339 e. The number of esters is 1. The van der Waals surface area contributed by atoms with Crippen LogP contribution in [0.3, 0.4) is 0 Å². The standard InChI is InChI=1S/C11H10BrN3O3/c1-14-4-3-9(13-14)15-6-7(11(17)18-2)5-8(12)10(15)16/h3-6H,1-2H3. The summed E-state index contributed by atoms with van der Waals surface area (Å²) in [6.07, 6.45) is 3.11. The molecule has 2 aromatic heterocycles. The Bertz CT molecular complexity index is 660. The molecule has 94 valence electrons. The van der Waals surface area contributed by atoms with Crippen LogP contribution in [0.15, 0.2) is 33.8 Å². The van der Waals surface area contributed by atoms with E-state index in [1.807, 2.05) is 0 Å². The summed E-state index contributed by atoms with van der Waals surface area (Å²) < 4.78 is 7.76. The molecule has 0 radical (unpaired) electrons. The molecule has 0 unspecified atom stereocenters. The van der Waals surface area contributed by atoms with Crippen molar-refractivity contribution in [1.29, 1.82) is 0 Å². The lowest BCUT2D eigenvalue weighted by Gasteiger charge is -2.05. The highest BCUT2D eigenvalue weighted by molar-refractivity contribution is 9.10. The lowest BCUT2D eigenvalue weighted by molar-refractivity contribution is 0.0600. The predicted octanol–water partition coefficient (Wildman–Crippen LogP) is 1.12. The molecule has 0 fully saturated rings. The Labute approximate surface area is 111 Å². The summed E-state index contributed by atoms with van der Waals surface area (Å²) in [5.41, 5.74) is -0.0176. The highest BCUT2D eigenvalue weighted by Crippen LogP contribution is 2.11. The van der Waals surface area contributed by atoms with Crippen LogP contribution in [0.1, 0.15) is 10.4 Å². The fraction of sp³-hybridized carbons (Fsp3) is 0.182. The SMILES string of the molecule is COC(=O)c1cc(Br)c(=O)n(-c2ccn(C)n2)c1. The third kappa shape index (κ3) is 2.21. The van der Waals surface area contributed by atoms with Crippen LogP contribution < -0.4 is 5.56 Å². The van der Waals surface area contributed by atoms with E-state index in [9.17, 15) is 9.59 Å². The van der Waals surface area contributed by atoms with Gasteiger partial charge in [0.05, 0.1) is 17.1 Å². The maximum Gasteiger partial charge on any atom is 0.339 e. The van der Waals surface area contributed by atoms with Gasteiger partial charge in [0, 0.05) is 25.5 Å². The summed E-state index contributed by atoms with van der Waals surface area (Å²) in [5, 5.41) is 4.12. The number of hydrogen-bond acceptors (Lipinski definition) is 4. The summed E-state index contributed by atoms with van der Waals surface area (Å²) in [6, 6.07) is 3.10. The van der Waals surface area contributed by atoms with Gasteiger partial charge in [-0.3, -0.25) is 14.0 Å². The van der Waals surface area contributed by atoms with E-state index in [1.54, 1.807) is 24.0 Å². The largest absolute Gasteiger partial charge is 0.465 e. The molecule has 0 N–H and O–H groups in total. The van der Waals surface area contributed by atoms with Gasteiger partial charge in [-0.05, 0) is 22.0 Å². The minimum Gasteiger partial charge on any atom is -0.465 e. The number of methoxy groups -OCH3 is 1. The first kappa shape index (κ1) is 12.6. The van der Waals surface area contributed by atoms with Gasteiger partial charge in [-0.2, -0.15) is 5.10 Å². The van der Waals surface area contributed by atoms with E-state index >= 15 is 0 Å². The first-order chi connectivity index (χ1) is 8.52. The van der Waals surface area contributed by atoms with Crippen LogP contribution in [0.4, 0.5) is 0 Å². The van der Waals surface area contributed by atoms with Gasteiger partial charge in [-0.25, -0.2) is 4.79 Å². The van der Waals surface area contributed by atoms with Gasteiger partial charge < -0.3 is 4.74 Å². The third-order valence-corrected chi connectivity index (χ3v) is 2.91. The molecule has 18 heavy (non-hydrogen) atoms. The minimum atomic E-state index is -0.514. The van der Waals surface area contributed by atoms with Crippen molar-refractivity contribution in [2.24, 2.45) is 7.05 Å². The first-order valence-corrected chi connectivity index (χ1v) is 5.83. The van der Waals surface area contributed by atoms with E-state index < -0.39 is 5.97 Å². The molecule has 6 nitrogen and oxygen atoms in total. The summed E-state index contributed by atoms with van der Waals surface area (Å²) in [5.74, 6) is -0.0747. The molecule has 0 amide bonds. The van der Waals surface area contributed by atoms with Gasteiger partial charge in [-0.15, -0.1) is 0 Å². The van der Waals surface area contributed by atoms with E-state index in [0.717, 1.165) is 0 Å². The zero-order valence-corrected chi connectivity index (χ0v) is 11.3. The molecule has 0 saturated heterocycles. The highest BCUT2D eigenvalue weighted by atomic mass is 79.9. The van der Waals surface area contributed by atoms with Crippen molar-refractivity contribution < 1.29 is 9.53 Å². The number of carbonyl (C=O) groups is 1. The maximum atomic E-state index is 12.0. The average Bonchev–Trinajstić information content (AvgIpc) is 2.78. The number of rotatable bonds is 2. The molecule has 0 atom stereocenters. The Hall–Kier alpha value is -1.89. The van der Waals surface area contributed by atoms with E-state index in [2.05, 4.69) is 25.8 Å². The first-order valence-electron chi connectivity index (χ1n) is 5.03. The molecule has 0 aliphatic heterocycles. The van der Waals surface area contributed by atoms with Crippen molar-refractivity contribution in [2.45, 2.75) is 0 Å². The van der Waals surface area contributed by atoms with Crippen LogP contribution in [0.5, 0.6) is 0 Å². The molecule has 0 aromatic carbocycles. The van der Waals surface area contributed by atoms with Crippen molar-refractivity contribution >= 4 is 21.9 Å². The van der Waals surface area contributed by atoms with Gasteiger partial charge >= 0.3 is 5.97 Å². The van der Waals surface area contributed by atoms with Gasteiger partial charge in [0.15, 0.2) is 5.82 Å². The monoisotopic (exact) mass is 311 g/mol. The maximum absolute atomic E-state index is 12.0. The van der Waals surface area contributed by atoms with Gasteiger partial charge in [0.1, 0.15) is 0 Å². The number of aryl methyl sites for hydroxylation is 1. The highest BCUT2D eigenvalue weighted by Gasteiger charge is 2.13. The predicted molar refractivity (Wildman–Crippen MR) is 67.8 cm³/mol. The number of nitrogens with zero attached hydrogens (tertiary/aromatic N) is 3. The Balaban J connectivity index is 2.63. The van der Waals surface area contributed by atoms with Crippen LogP contribution >= 0.6 is 15.9 Å². The molecule has 0 aliphatic carbocycles. The fourth-order valence-corrected chi connectivity index (χ4v) is 1.92. The number of hydrogen-bond donors (Lipinski definition) is 0. The number of pyridine rings is 1. The molecule has 2 aromatic rings. The Kier molecular flexibility index (Phi) is 3.33. The van der Waals surface area contributed by atoms with Crippen molar-refractivity contribution in [3.63, 3.8) is 0 Å². The normalized spacial score (nSPS) is 10.4. The molecule has 0 bridgehead atoms. The van der Waals surface area contributed by atoms with E-state index in [0.29, 0.717) is 5.82 Å². The quantitative estimate of drug-likeness (QED) is 0.780. The molecular weight excluding hydrogens is 302 g/mol. The number of halogens is 1. The second-order valence-electron chi connectivity index (χ2n) is 3.59. The van der Waals surface area contributed by atoms with Crippen molar-refractivity contribution in [3.8, 4) is 5.82 Å². The second kappa shape index (κ2) is 4.77. The molecule has 7 heteroatoms. The summed E-state index contributed by atoms with van der Waals surface area (Å²) in [7, 11) is 3.03. The minimum absolute atomic E-state index is 0.273. The molecule has 0 aliphatic rings. The zero-order valence-electron chi connectivity index (χ0n) is 9.75. The van der Waals surface area contributed by atoms with E-state index in [1.165, 1.54) is 23.9 Å². The van der Waals surface area contributed by atoms with Crippen LogP contribution in [0, 0.1) is 0 Å². The number of carbonyl (C=O) groups excluding carboxylic acids is 1. The number of ether oxygens (including phenoxy) is 1. The summed E-state index contributed by atoms with van der Waals surface area (Å²) >= 11 is 3.12. The van der Waals surface area contributed by atoms with Crippen LogP contribution in [0.25, 0.3) is 5.82 Å². The van der Waals surface area contributed by atoms with Crippen molar-refractivity contribution in [2.75, 3.05) is 7.11 Å². The molecule has 2 heterocycles. The van der Waals surface area contributed by atoms with E-state index in [-0.39, 0.29) is 15.6 Å². The van der Waals surface area contributed by atoms with Crippen LogP contribution in [-0.2, 0) is 11.8 Å². The lowest BCUT2D eigenvalue weighted by Crippen LogP contribution is -2.21. The number of aromatic nitrogens is 3. The molecule has 0 saturated carbocycles. The lowest BCUT2D eigenvalue weighted by atomic mass is 10.3. The molecule has 0 spiro atoms. The van der Waals surface area contributed by atoms with Crippen LogP contribution in [-0.4, -0.2) is 27.4 Å². The Morgan fingerprint density at radius 3 is 2.78 bits per heavy atom. The molecule has 2 rings (SSSR count). The molecular formula is C11H10BrN3O3. The van der Waals surface area contributed by atoms with Gasteiger partial charge in [-0.1, -0.05) is 0 Å². The van der Waals surface area contributed by atoms with Crippen molar-refractivity contribution in [1.82, 2.24) is 14.3 Å². The van der Waals surface area contributed by atoms with Gasteiger partial charge in [0.2, 0.25) is 0 Å². The van der Waals surface area contributed by atoms with Gasteiger partial charge in [0.25, 0.3) is 5.56 Å². The fourth-order valence-electron chi connectivity index (χ4n) is 1.48. The van der Waals surface area contributed by atoms with Crippen LogP contribution in [0.2, 0.25) is 0 Å². The topological polar surface area (TPSA) is 66.1 Å². The third-order valence-electron chi connectivity index (χ3n) is 2.34. The Morgan fingerprint density at radius 1 is 1.50 bits per heavy atom. The average molecular weight is 312 g/mol. The second-order valence-corrected chi connectivity index (χ2v) is 4.45. The zero-order chi connectivity index (χ0) is 13.3. The van der Waals surface area contributed by atoms with Crippen molar-refractivity contribution in [3.05, 3.63) is 44.9 Å². The summed E-state index contributed by atoms with van der Waals surface area (Å²) in [6.45, 7) is 0. The Morgan fingerprint density at radius 2 is 2.22 bits per heavy atom.